The highest BCUT2D eigenvalue weighted by Crippen LogP contribution is 2.45. The highest BCUT2D eigenvalue weighted by molar-refractivity contribution is 6.30. The van der Waals surface area contributed by atoms with Gasteiger partial charge in [-0.25, -0.2) is 4.79 Å². The Morgan fingerprint density at radius 2 is 1.95 bits per heavy atom. The third-order valence-corrected chi connectivity index (χ3v) is 3.76. The molecule has 2 N–H and O–H groups in total. The molecule has 4 nitrogen and oxygen atoms in total. The van der Waals surface area contributed by atoms with Crippen LogP contribution in [0.2, 0.25) is 5.02 Å². The van der Waals surface area contributed by atoms with Crippen LogP contribution in [0.1, 0.15) is 24.3 Å². The number of aliphatic carboxylic acids is 1. The zero-order chi connectivity index (χ0) is 15.8. The summed E-state index contributed by atoms with van der Waals surface area (Å²) in [5.74, 6) is -3.97. The second-order valence-electron chi connectivity index (χ2n) is 5.00. The molecule has 0 radical (unpaired) electrons. The van der Waals surface area contributed by atoms with Gasteiger partial charge in [-0.1, -0.05) is 23.7 Å². The van der Waals surface area contributed by atoms with Gasteiger partial charge in [0.2, 0.25) is 0 Å². The van der Waals surface area contributed by atoms with E-state index in [1.807, 2.05) is 0 Å². The molecule has 1 amide bonds. The molecule has 2 rings (SSSR count). The number of carbonyl (C=O) groups is 2. The van der Waals surface area contributed by atoms with E-state index in [-0.39, 0.29) is 18.8 Å². The lowest BCUT2D eigenvalue weighted by molar-refractivity contribution is -0.180. The van der Waals surface area contributed by atoms with Crippen LogP contribution in [0.15, 0.2) is 24.3 Å². The number of rotatable bonds is 3. The number of carbonyl (C=O) groups excluding carboxylic acids is 1. The SMILES string of the molecule is O=C(NC1(C(=O)O)CC(c2cccc(Cl)c2)C1)C(F)(F)F. The van der Waals surface area contributed by atoms with E-state index in [0.717, 1.165) is 5.56 Å². The number of alkyl halides is 3. The van der Waals surface area contributed by atoms with E-state index in [1.165, 1.54) is 0 Å². The Morgan fingerprint density at radius 3 is 2.43 bits per heavy atom. The molecule has 0 aliphatic heterocycles. The Bertz CT molecular complexity index is 582. The lowest BCUT2D eigenvalue weighted by Gasteiger charge is -2.45. The molecule has 1 fully saturated rings. The molecule has 1 saturated carbocycles. The third-order valence-electron chi connectivity index (χ3n) is 3.53. The van der Waals surface area contributed by atoms with E-state index >= 15 is 0 Å². The summed E-state index contributed by atoms with van der Waals surface area (Å²) < 4.78 is 36.8. The van der Waals surface area contributed by atoms with Gasteiger partial charge in [0.1, 0.15) is 5.54 Å². The first kappa shape index (κ1) is 15.6. The molecule has 1 aromatic carbocycles. The minimum absolute atomic E-state index is 0.107. The zero-order valence-corrected chi connectivity index (χ0v) is 11.3. The molecule has 0 spiro atoms. The number of amides is 1. The molecule has 1 aliphatic rings. The van der Waals surface area contributed by atoms with Crippen molar-refractivity contribution in [2.45, 2.75) is 30.5 Å². The number of hydrogen-bond donors (Lipinski definition) is 2. The fraction of sp³-hybridized carbons (Fsp3) is 0.385. The van der Waals surface area contributed by atoms with Crippen LogP contribution < -0.4 is 5.32 Å². The van der Waals surface area contributed by atoms with E-state index < -0.39 is 23.6 Å². The van der Waals surface area contributed by atoms with E-state index in [0.29, 0.717) is 5.02 Å². The zero-order valence-electron chi connectivity index (χ0n) is 10.6. The summed E-state index contributed by atoms with van der Waals surface area (Å²) in [7, 11) is 0. The number of carboxylic acids is 1. The highest BCUT2D eigenvalue weighted by atomic mass is 35.5. The van der Waals surface area contributed by atoms with Crippen molar-refractivity contribution in [1.29, 1.82) is 0 Å². The Balaban J connectivity index is 2.12. The van der Waals surface area contributed by atoms with Gasteiger partial charge in [0.25, 0.3) is 0 Å². The van der Waals surface area contributed by atoms with Gasteiger partial charge in [0.05, 0.1) is 0 Å². The van der Waals surface area contributed by atoms with Gasteiger partial charge >= 0.3 is 18.1 Å². The molecule has 0 heterocycles. The van der Waals surface area contributed by atoms with Crippen molar-refractivity contribution in [3.8, 4) is 0 Å². The van der Waals surface area contributed by atoms with E-state index in [9.17, 15) is 22.8 Å². The molecule has 21 heavy (non-hydrogen) atoms. The van der Waals surface area contributed by atoms with Gasteiger partial charge in [0, 0.05) is 5.02 Å². The molecule has 0 aromatic heterocycles. The summed E-state index contributed by atoms with van der Waals surface area (Å²) in [6.07, 6.45) is -5.32. The van der Waals surface area contributed by atoms with Crippen molar-refractivity contribution in [2.24, 2.45) is 0 Å². The van der Waals surface area contributed by atoms with Crippen molar-refractivity contribution in [2.75, 3.05) is 0 Å². The van der Waals surface area contributed by atoms with Gasteiger partial charge in [-0.05, 0) is 36.5 Å². The van der Waals surface area contributed by atoms with Gasteiger partial charge in [-0.2, -0.15) is 13.2 Å². The first-order valence-electron chi connectivity index (χ1n) is 6.02. The van der Waals surface area contributed by atoms with Crippen LogP contribution in [0.3, 0.4) is 0 Å². The Hall–Kier alpha value is -1.76. The first-order valence-corrected chi connectivity index (χ1v) is 6.40. The first-order chi connectivity index (χ1) is 9.64. The van der Waals surface area contributed by atoms with Crippen LogP contribution in [0.5, 0.6) is 0 Å². The average Bonchev–Trinajstić information content (AvgIpc) is 2.31. The fourth-order valence-electron chi connectivity index (χ4n) is 2.40. The second-order valence-corrected chi connectivity index (χ2v) is 5.44. The van der Waals surface area contributed by atoms with Crippen LogP contribution in [0, 0.1) is 0 Å². The van der Waals surface area contributed by atoms with Gasteiger partial charge < -0.3 is 10.4 Å². The largest absolute Gasteiger partial charge is 0.480 e. The molecular formula is C13H11ClF3NO3. The number of carboxylic acid groups (broad SMARTS) is 1. The van der Waals surface area contributed by atoms with Gasteiger partial charge in [0.15, 0.2) is 0 Å². The number of nitrogens with one attached hydrogen (secondary N) is 1. The quantitative estimate of drug-likeness (QED) is 0.899. The molecule has 8 heteroatoms. The van der Waals surface area contributed by atoms with Crippen molar-refractivity contribution in [1.82, 2.24) is 5.32 Å². The average molecular weight is 322 g/mol. The summed E-state index contributed by atoms with van der Waals surface area (Å²) in [6, 6.07) is 6.66. The second kappa shape index (κ2) is 5.22. The Morgan fingerprint density at radius 1 is 1.33 bits per heavy atom. The molecule has 1 aromatic rings. The maximum absolute atomic E-state index is 12.3. The standard InChI is InChI=1S/C13H11ClF3NO3/c14-9-3-1-2-7(4-9)8-5-12(6-8,11(20)21)18-10(19)13(15,16)17/h1-4,8H,5-6H2,(H,18,19)(H,20,21). The maximum atomic E-state index is 12.3. The number of benzene rings is 1. The van der Waals surface area contributed by atoms with Crippen molar-refractivity contribution >= 4 is 23.5 Å². The summed E-state index contributed by atoms with van der Waals surface area (Å²) in [5, 5.41) is 11.2. The molecule has 0 atom stereocenters. The number of hydrogen-bond acceptors (Lipinski definition) is 2. The van der Waals surface area contributed by atoms with Crippen LogP contribution in [-0.4, -0.2) is 28.7 Å². The highest BCUT2D eigenvalue weighted by Gasteiger charge is 2.55. The minimum atomic E-state index is -5.11. The monoisotopic (exact) mass is 321 g/mol. The minimum Gasteiger partial charge on any atom is -0.480 e. The normalized spacial score (nSPS) is 25.0. The Kier molecular flexibility index (Phi) is 3.88. The van der Waals surface area contributed by atoms with E-state index in [1.54, 1.807) is 29.6 Å². The van der Waals surface area contributed by atoms with Crippen LogP contribution in [0.4, 0.5) is 13.2 Å². The predicted octanol–water partition coefficient (Wildman–Crippen LogP) is 2.72. The van der Waals surface area contributed by atoms with Crippen LogP contribution >= 0.6 is 11.6 Å². The summed E-state index contributed by atoms with van der Waals surface area (Å²) in [4.78, 5) is 22.2. The van der Waals surface area contributed by atoms with Gasteiger partial charge in [-0.3, -0.25) is 4.79 Å². The topological polar surface area (TPSA) is 66.4 Å². The molecule has 0 bridgehead atoms. The van der Waals surface area contributed by atoms with E-state index in [4.69, 9.17) is 16.7 Å². The van der Waals surface area contributed by atoms with Crippen LogP contribution in [0.25, 0.3) is 0 Å². The van der Waals surface area contributed by atoms with Crippen molar-refractivity contribution in [3.63, 3.8) is 0 Å². The number of halogens is 4. The summed E-state index contributed by atoms with van der Waals surface area (Å²) >= 11 is 5.81. The van der Waals surface area contributed by atoms with Crippen LogP contribution in [-0.2, 0) is 9.59 Å². The smallest absolute Gasteiger partial charge is 0.471 e. The maximum Gasteiger partial charge on any atom is 0.471 e. The molecular weight excluding hydrogens is 311 g/mol. The van der Waals surface area contributed by atoms with Gasteiger partial charge in [-0.15, -0.1) is 0 Å². The molecule has 0 saturated heterocycles. The fourth-order valence-corrected chi connectivity index (χ4v) is 2.59. The Labute approximate surface area is 122 Å². The molecule has 1 aliphatic carbocycles. The van der Waals surface area contributed by atoms with Crippen molar-refractivity contribution < 1.29 is 27.9 Å². The van der Waals surface area contributed by atoms with Crippen molar-refractivity contribution in [3.05, 3.63) is 34.9 Å². The lowest BCUT2D eigenvalue weighted by Crippen LogP contribution is -2.63. The summed E-state index contributed by atoms with van der Waals surface area (Å²) in [5.41, 5.74) is -1.14. The predicted molar refractivity (Wildman–Crippen MR) is 68.0 cm³/mol. The van der Waals surface area contributed by atoms with E-state index in [2.05, 4.69) is 0 Å². The summed E-state index contributed by atoms with van der Waals surface area (Å²) in [6.45, 7) is 0. The molecule has 114 valence electrons. The molecule has 0 unspecified atom stereocenters. The third kappa shape index (κ3) is 3.12. The lowest BCUT2D eigenvalue weighted by atomic mass is 9.65.